The number of carbonyl (C=O) groups is 1. The Hall–Kier alpha value is -1.38. The van der Waals surface area contributed by atoms with Crippen LogP contribution in [-0.2, 0) is 15.6 Å². The van der Waals surface area contributed by atoms with Crippen LogP contribution in [0.1, 0.15) is 22.5 Å². The normalized spacial score (nSPS) is 19.6. The lowest BCUT2D eigenvalue weighted by molar-refractivity contribution is 0.0938. The van der Waals surface area contributed by atoms with E-state index in [-0.39, 0.29) is 23.5 Å². The van der Waals surface area contributed by atoms with E-state index >= 15 is 0 Å². The predicted molar refractivity (Wildman–Crippen MR) is 92.6 cm³/mol. The Morgan fingerprint density at radius 3 is 2.91 bits per heavy atom. The van der Waals surface area contributed by atoms with Crippen LogP contribution in [0.15, 0.2) is 40.1 Å². The van der Waals surface area contributed by atoms with E-state index in [0.717, 1.165) is 10.6 Å². The number of thiazole rings is 1. The average molecular weight is 369 g/mol. The zero-order valence-corrected chi connectivity index (χ0v) is 14.7. The molecule has 1 fully saturated rings. The number of benzene rings is 1. The summed E-state index contributed by atoms with van der Waals surface area (Å²) in [5.74, 6) is 0.671. The van der Waals surface area contributed by atoms with Gasteiger partial charge in [0.1, 0.15) is 0 Å². The standard InChI is InChI=1S/C15H16N2O3S3/c18-15(17-11-5-6-23(19,20)9-11)13-3-1-2-4-14(13)22-8-12-7-21-10-16-12/h1-4,7,10-11H,5-6,8-9H2,(H,17,18)/t11-/m0/s1. The van der Waals surface area contributed by atoms with Crippen molar-refractivity contribution in [3.63, 3.8) is 0 Å². The first-order valence-corrected chi connectivity index (χ1v) is 10.9. The third kappa shape index (κ3) is 4.33. The van der Waals surface area contributed by atoms with Gasteiger partial charge in [-0.05, 0) is 18.6 Å². The Labute approximate surface area is 143 Å². The zero-order chi connectivity index (χ0) is 16.3. The summed E-state index contributed by atoms with van der Waals surface area (Å²) in [5.41, 5.74) is 3.35. The van der Waals surface area contributed by atoms with E-state index in [0.29, 0.717) is 17.7 Å². The fourth-order valence-corrected chi connectivity index (χ4v) is 5.70. The van der Waals surface area contributed by atoms with Crippen LogP contribution < -0.4 is 5.32 Å². The third-order valence-corrected chi connectivity index (χ3v) is 7.07. The van der Waals surface area contributed by atoms with Crippen LogP contribution in [0, 0.1) is 0 Å². The highest BCUT2D eigenvalue weighted by Crippen LogP contribution is 2.26. The summed E-state index contributed by atoms with van der Waals surface area (Å²) in [4.78, 5) is 17.6. The molecule has 23 heavy (non-hydrogen) atoms. The molecule has 0 aliphatic carbocycles. The molecule has 3 rings (SSSR count). The molecule has 1 aliphatic heterocycles. The molecular weight excluding hydrogens is 352 g/mol. The van der Waals surface area contributed by atoms with Crippen LogP contribution in [0.2, 0.25) is 0 Å². The van der Waals surface area contributed by atoms with Gasteiger partial charge in [-0.3, -0.25) is 4.79 Å². The maximum absolute atomic E-state index is 12.5. The van der Waals surface area contributed by atoms with Crippen molar-refractivity contribution in [2.45, 2.75) is 23.1 Å². The third-order valence-electron chi connectivity index (χ3n) is 3.56. The van der Waals surface area contributed by atoms with Crippen LogP contribution in [0.25, 0.3) is 0 Å². The Bertz CT molecular complexity index is 788. The lowest BCUT2D eigenvalue weighted by Crippen LogP contribution is -2.35. The van der Waals surface area contributed by atoms with Crippen molar-refractivity contribution in [3.05, 3.63) is 46.4 Å². The summed E-state index contributed by atoms with van der Waals surface area (Å²) >= 11 is 3.10. The predicted octanol–water partition coefficient (Wildman–Crippen LogP) is 2.35. The van der Waals surface area contributed by atoms with Crippen molar-refractivity contribution in [2.75, 3.05) is 11.5 Å². The van der Waals surface area contributed by atoms with E-state index in [9.17, 15) is 13.2 Å². The number of carbonyl (C=O) groups excluding carboxylic acids is 1. The fourth-order valence-electron chi connectivity index (χ4n) is 2.41. The van der Waals surface area contributed by atoms with Gasteiger partial charge in [0.2, 0.25) is 0 Å². The van der Waals surface area contributed by atoms with Gasteiger partial charge in [0.15, 0.2) is 9.84 Å². The zero-order valence-electron chi connectivity index (χ0n) is 12.3. The van der Waals surface area contributed by atoms with Crippen molar-refractivity contribution in [1.29, 1.82) is 0 Å². The highest BCUT2D eigenvalue weighted by Gasteiger charge is 2.29. The van der Waals surface area contributed by atoms with Gasteiger partial charge in [0.05, 0.1) is 28.3 Å². The number of aromatic nitrogens is 1. The number of nitrogens with one attached hydrogen (secondary N) is 1. The molecule has 1 aromatic heterocycles. The van der Waals surface area contributed by atoms with E-state index in [4.69, 9.17) is 0 Å². The number of amides is 1. The molecular formula is C15H16N2O3S3. The van der Waals surface area contributed by atoms with Crippen molar-refractivity contribution in [1.82, 2.24) is 10.3 Å². The van der Waals surface area contributed by atoms with Crippen LogP contribution in [0.5, 0.6) is 0 Å². The number of hydrogen-bond acceptors (Lipinski definition) is 6. The maximum atomic E-state index is 12.5. The van der Waals surface area contributed by atoms with E-state index in [1.807, 2.05) is 23.6 Å². The summed E-state index contributed by atoms with van der Waals surface area (Å²) in [6.45, 7) is 0. The van der Waals surface area contributed by atoms with E-state index in [1.54, 1.807) is 34.7 Å². The molecule has 1 saturated heterocycles. The summed E-state index contributed by atoms with van der Waals surface area (Å²) in [6.07, 6.45) is 0.488. The minimum Gasteiger partial charge on any atom is -0.348 e. The van der Waals surface area contributed by atoms with Crippen molar-refractivity contribution in [3.8, 4) is 0 Å². The summed E-state index contributed by atoms with van der Waals surface area (Å²) < 4.78 is 23.0. The van der Waals surface area contributed by atoms with Crippen LogP contribution >= 0.6 is 23.1 Å². The molecule has 1 amide bonds. The molecule has 1 aromatic carbocycles. The highest BCUT2D eigenvalue weighted by molar-refractivity contribution is 7.98. The summed E-state index contributed by atoms with van der Waals surface area (Å²) in [7, 11) is -3.00. The first kappa shape index (κ1) is 16.5. The van der Waals surface area contributed by atoms with E-state index in [2.05, 4.69) is 10.3 Å². The molecule has 0 radical (unpaired) electrons. The molecule has 1 atom stereocenters. The monoisotopic (exact) mass is 368 g/mol. The Balaban J connectivity index is 1.68. The smallest absolute Gasteiger partial charge is 0.252 e. The number of hydrogen-bond donors (Lipinski definition) is 1. The second kappa shape index (κ2) is 7.02. The van der Waals surface area contributed by atoms with Crippen molar-refractivity contribution < 1.29 is 13.2 Å². The number of rotatable bonds is 5. The molecule has 122 valence electrons. The minimum absolute atomic E-state index is 0.0346. The minimum atomic E-state index is -3.00. The first-order chi connectivity index (χ1) is 11.0. The topological polar surface area (TPSA) is 76.1 Å². The molecule has 8 heteroatoms. The molecule has 2 heterocycles. The van der Waals surface area contributed by atoms with Crippen LogP contribution in [-0.4, -0.2) is 36.9 Å². The molecule has 0 bridgehead atoms. The maximum Gasteiger partial charge on any atom is 0.252 e. The fraction of sp³-hybridized carbons (Fsp3) is 0.333. The Morgan fingerprint density at radius 1 is 1.39 bits per heavy atom. The van der Waals surface area contributed by atoms with Gasteiger partial charge in [-0.25, -0.2) is 13.4 Å². The molecule has 5 nitrogen and oxygen atoms in total. The van der Waals surface area contributed by atoms with Gasteiger partial charge in [-0.15, -0.1) is 23.1 Å². The van der Waals surface area contributed by atoms with E-state index < -0.39 is 9.84 Å². The quantitative estimate of drug-likeness (QED) is 0.820. The lowest BCUT2D eigenvalue weighted by atomic mass is 10.2. The molecule has 0 spiro atoms. The molecule has 1 aliphatic rings. The van der Waals surface area contributed by atoms with Gasteiger partial charge in [-0.1, -0.05) is 12.1 Å². The largest absolute Gasteiger partial charge is 0.348 e. The molecule has 2 aromatic rings. The van der Waals surface area contributed by atoms with Crippen LogP contribution in [0.3, 0.4) is 0 Å². The lowest BCUT2D eigenvalue weighted by Gasteiger charge is -2.13. The first-order valence-electron chi connectivity index (χ1n) is 7.14. The van der Waals surface area contributed by atoms with E-state index in [1.165, 1.54) is 0 Å². The van der Waals surface area contributed by atoms with Gasteiger partial charge >= 0.3 is 0 Å². The van der Waals surface area contributed by atoms with Gasteiger partial charge < -0.3 is 5.32 Å². The Morgan fingerprint density at radius 2 is 2.22 bits per heavy atom. The Kier molecular flexibility index (Phi) is 5.03. The summed E-state index contributed by atoms with van der Waals surface area (Å²) in [5, 5.41) is 4.82. The molecule has 1 N–H and O–H groups in total. The number of nitrogens with zero attached hydrogens (tertiary/aromatic N) is 1. The van der Waals surface area contributed by atoms with Crippen molar-refractivity contribution >= 4 is 38.8 Å². The van der Waals surface area contributed by atoms with Crippen molar-refractivity contribution in [2.24, 2.45) is 0 Å². The second-order valence-electron chi connectivity index (χ2n) is 5.34. The summed E-state index contributed by atoms with van der Waals surface area (Å²) in [6, 6.07) is 7.08. The molecule has 0 saturated carbocycles. The van der Waals surface area contributed by atoms with Gasteiger partial charge in [-0.2, -0.15) is 0 Å². The highest BCUT2D eigenvalue weighted by atomic mass is 32.2. The average Bonchev–Trinajstić information content (AvgIpc) is 3.15. The SMILES string of the molecule is O=C(N[C@H]1CCS(=O)(=O)C1)c1ccccc1SCc1cscn1. The van der Waals surface area contributed by atoms with Gasteiger partial charge in [0.25, 0.3) is 5.91 Å². The van der Waals surface area contributed by atoms with Crippen LogP contribution in [0.4, 0.5) is 0 Å². The molecule has 0 unspecified atom stereocenters. The van der Waals surface area contributed by atoms with Gasteiger partial charge in [0, 0.05) is 22.1 Å². The number of thioether (sulfide) groups is 1. The second-order valence-corrected chi connectivity index (χ2v) is 9.30. The number of sulfone groups is 1.